The second-order valence-corrected chi connectivity index (χ2v) is 8.20. The molecule has 2 amide bonds. The van der Waals surface area contributed by atoms with Gasteiger partial charge in [0.05, 0.1) is 13.5 Å². The lowest BCUT2D eigenvalue weighted by molar-refractivity contribution is -0.140. The fourth-order valence-corrected chi connectivity index (χ4v) is 3.92. The van der Waals surface area contributed by atoms with Crippen molar-refractivity contribution in [2.24, 2.45) is 0 Å². The van der Waals surface area contributed by atoms with Crippen LogP contribution in [0.4, 0.5) is 0 Å². The highest BCUT2D eigenvalue weighted by atomic mass is 16.5. The minimum atomic E-state index is -0.547. The monoisotopic (exact) mass is 408 g/mol. The lowest BCUT2D eigenvalue weighted by atomic mass is 10.1. The van der Waals surface area contributed by atoms with Crippen LogP contribution in [-0.4, -0.2) is 35.9 Å². The molecule has 1 fully saturated rings. The molecule has 1 N–H and O–H groups in total. The van der Waals surface area contributed by atoms with E-state index in [1.807, 2.05) is 62.4 Å². The predicted octanol–water partition coefficient (Wildman–Crippen LogP) is 4.02. The van der Waals surface area contributed by atoms with Crippen LogP contribution < -0.4 is 10.1 Å². The van der Waals surface area contributed by atoms with Crippen LogP contribution in [-0.2, 0) is 22.6 Å². The fourth-order valence-electron chi connectivity index (χ4n) is 3.92. The molecule has 2 aromatic rings. The van der Waals surface area contributed by atoms with Crippen molar-refractivity contribution in [2.75, 3.05) is 7.11 Å². The van der Waals surface area contributed by atoms with Crippen LogP contribution in [0.15, 0.2) is 48.5 Å². The third kappa shape index (κ3) is 5.85. The summed E-state index contributed by atoms with van der Waals surface area (Å²) in [4.78, 5) is 27.9. The Labute approximate surface area is 179 Å². The van der Waals surface area contributed by atoms with Gasteiger partial charge in [0.1, 0.15) is 11.8 Å². The summed E-state index contributed by atoms with van der Waals surface area (Å²) >= 11 is 0. The first-order valence-corrected chi connectivity index (χ1v) is 10.7. The highest BCUT2D eigenvalue weighted by Crippen LogP contribution is 2.20. The molecule has 5 heteroatoms. The number of benzene rings is 2. The molecule has 2 aromatic carbocycles. The molecule has 0 heterocycles. The van der Waals surface area contributed by atoms with Gasteiger partial charge in [-0.3, -0.25) is 9.59 Å². The van der Waals surface area contributed by atoms with E-state index in [4.69, 9.17) is 4.74 Å². The Hall–Kier alpha value is -2.82. The maximum absolute atomic E-state index is 13.3. The third-order valence-electron chi connectivity index (χ3n) is 5.83. The molecule has 0 spiro atoms. The van der Waals surface area contributed by atoms with Crippen molar-refractivity contribution >= 4 is 11.8 Å². The standard InChI is InChI=1S/C25H32N2O3/c1-18-11-13-20(14-12-18)16-24(28)27(17-21-7-6-10-23(15-21)30-3)19(2)25(29)26-22-8-4-5-9-22/h6-7,10-15,19,22H,4-5,8-9,16-17H2,1-3H3,(H,26,29)/t19-/m1/s1. The van der Waals surface area contributed by atoms with Crippen LogP contribution >= 0.6 is 0 Å². The van der Waals surface area contributed by atoms with Gasteiger partial charge < -0.3 is 15.0 Å². The Morgan fingerprint density at radius 3 is 2.47 bits per heavy atom. The molecular formula is C25H32N2O3. The highest BCUT2D eigenvalue weighted by Gasteiger charge is 2.28. The van der Waals surface area contributed by atoms with E-state index in [1.165, 1.54) is 0 Å². The number of ether oxygens (including phenoxy) is 1. The smallest absolute Gasteiger partial charge is 0.242 e. The largest absolute Gasteiger partial charge is 0.497 e. The van der Waals surface area contributed by atoms with E-state index in [-0.39, 0.29) is 24.3 Å². The van der Waals surface area contributed by atoms with E-state index in [1.54, 1.807) is 12.0 Å². The molecule has 0 aliphatic heterocycles. The van der Waals surface area contributed by atoms with Crippen molar-refractivity contribution in [1.29, 1.82) is 0 Å². The zero-order valence-electron chi connectivity index (χ0n) is 18.2. The lowest BCUT2D eigenvalue weighted by Crippen LogP contribution is -2.50. The SMILES string of the molecule is COc1cccc(CN(C(=O)Cc2ccc(C)cc2)[C@H](C)C(=O)NC2CCCC2)c1. The van der Waals surface area contributed by atoms with Gasteiger partial charge in [0, 0.05) is 12.6 Å². The van der Waals surface area contributed by atoms with Gasteiger partial charge in [-0.15, -0.1) is 0 Å². The molecule has 5 nitrogen and oxygen atoms in total. The van der Waals surface area contributed by atoms with Crippen molar-refractivity contribution in [3.63, 3.8) is 0 Å². The Bertz CT molecular complexity index is 857. The normalized spacial score (nSPS) is 14.9. The zero-order chi connectivity index (χ0) is 21.5. The van der Waals surface area contributed by atoms with E-state index in [0.717, 1.165) is 48.1 Å². The van der Waals surface area contributed by atoms with Crippen molar-refractivity contribution in [2.45, 2.75) is 64.6 Å². The number of hydrogen-bond acceptors (Lipinski definition) is 3. The van der Waals surface area contributed by atoms with Gasteiger partial charge in [0.15, 0.2) is 0 Å². The Morgan fingerprint density at radius 1 is 1.10 bits per heavy atom. The summed E-state index contributed by atoms with van der Waals surface area (Å²) in [5.41, 5.74) is 3.04. The number of carbonyl (C=O) groups is 2. The van der Waals surface area contributed by atoms with Crippen molar-refractivity contribution in [3.05, 3.63) is 65.2 Å². The van der Waals surface area contributed by atoms with Crippen molar-refractivity contribution in [3.8, 4) is 5.75 Å². The van der Waals surface area contributed by atoms with Crippen molar-refractivity contribution < 1.29 is 14.3 Å². The van der Waals surface area contributed by atoms with Crippen molar-refractivity contribution in [1.82, 2.24) is 10.2 Å². The average Bonchev–Trinajstić information content (AvgIpc) is 3.26. The van der Waals surface area contributed by atoms with Crippen LogP contribution in [0.3, 0.4) is 0 Å². The minimum absolute atomic E-state index is 0.0595. The molecule has 1 atom stereocenters. The Morgan fingerprint density at radius 2 is 1.80 bits per heavy atom. The quantitative estimate of drug-likeness (QED) is 0.718. The second-order valence-electron chi connectivity index (χ2n) is 8.20. The summed E-state index contributed by atoms with van der Waals surface area (Å²) in [6.07, 6.45) is 4.61. The van der Waals surface area contributed by atoms with Gasteiger partial charge in [-0.1, -0.05) is 54.8 Å². The van der Waals surface area contributed by atoms with Crippen LogP contribution in [0.1, 0.15) is 49.3 Å². The van der Waals surface area contributed by atoms with Gasteiger partial charge in [-0.2, -0.15) is 0 Å². The maximum Gasteiger partial charge on any atom is 0.242 e. The molecule has 1 aliphatic rings. The molecule has 0 bridgehead atoms. The number of methoxy groups -OCH3 is 1. The molecule has 30 heavy (non-hydrogen) atoms. The lowest BCUT2D eigenvalue weighted by Gasteiger charge is -2.30. The molecule has 1 aliphatic carbocycles. The number of nitrogens with zero attached hydrogens (tertiary/aromatic N) is 1. The summed E-state index contributed by atoms with van der Waals surface area (Å²) in [5.74, 6) is 0.597. The molecule has 160 valence electrons. The molecule has 1 saturated carbocycles. The van der Waals surface area contributed by atoms with Gasteiger partial charge in [0.2, 0.25) is 11.8 Å². The predicted molar refractivity (Wildman–Crippen MR) is 118 cm³/mol. The molecule has 3 rings (SSSR count). The first kappa shape index (κ1) is 21.9. The summed E-state index contributed by atoms with van der Waals surface area (Å²) in [6, 6.07) is 15.3. The molecule has 0 aromatic heterocycles. The average molecular weight is 409 g/mol. The second kappa shape index (κ2) is 10.3. The fraction of sp³-hybridized carbons (Fsp3) is 0.440. The molecule has 0 unspecified atom stereocenters. The van der Waals surface area contributed by atoms with Crippen LogP contribution in [0, 0.1) is 6.92 Å². The summed E-state index contributed by atoms with van der Waals surface area (Å²) in [6.45, 7) is 4.20. The molecule has 0 saturated heterocycles. The highest BCUT2D eigenvalue weighted by molar-refractivity contribution is 5.88. The van der Waals surface area contributed by atoms with Gasteiger partial charge in [0.25, 0.3) is 0 Å². The zero-order valence-corrected chi connectivity index (χ0v) is 18.2. The van der Waals surface area contributed by atoms with E-state index in [2.05, 4.69) is 5.32 Å². The number of aryl methyl sites for hydroxylation is 1. The summed E-state index contributed by atoms with van der Waals surface area (Å²) < 4.78 is 5.32. The van der Waals surface area contributed by atoms with Gasteiger partial charge >= 0.3 is 0 Å². The number of amides is 2. The Balaban J connectivity index is 1.77. The van der Waals surface area contributed by atoms with Gasteiger partial charge in [-0.05, 0) is 49.9 Å². The van der Waals surface area contributed by atoms with Crippen LogP contribution in [0.2, 0.25) is 0 Å². The Kier molecular flexibility index (Phi) is 7.50. The third-order valence-corrected chi connectivity index (χ3v) is 5.83. The van der Waals surface area contributed by atoms with Gasteiger partial charge in [-0.25, -0.2) is 0 Å². The van der Waals surface area contributed by atoms with E-state index in [0.29, 0.717) is 6.54 Å². The minimum Gasteiger partial charge on any atom is -0.497 e. The topological polar surface area (TPSA) is 58.6 Å². The van der Waals surface area contributed by atoms with E-state index < -0.39 is 6.04 Å². The molecular weight excluding hydrogens is 376 g/mol. The van der Waals surface area contributed by atoms with Crippen LogP contribution in [0.5, 0.6) is 5.75 Å². The number of rotatable bonds is 8. The first-order valence-electron chi connectivity index (χ1n) is 10.7. The number of nitrogens with one attached hydrogen (secondary N) is 1. The van der Waals surface area contributed by atoms with E-state index in [9.17, 15) is 9.59 Å². The number of hydrogen-bond donors (Lipinski definition) is 1. The summed E-state index contributed by atoms with van der Waals surface area (Å²) in [7, 11) is 1.62. The maximum atomic E-state index is 13.3. The molecule has 0 radical (unpaired) electrons. The summed E-state index contributed by atoms with van der Waals surface area (Å²) in [5, 5.41) is 3.14. The van der Waals surface area contributed by atoms with E-state index >= 15 is 0 Å². The van der Waals surface area contributed by atoms with Crippen LogP contribution in [0.25, 0.3) is 0 Å². The number of carbonyl (C=O) groups excluding carboxylic acids is 2. The first-order chi connectivity index (χ1) is 14.5.